The Morgan fingerprint density at radius 1 is 0.548 bits per heavy atom. The fraction of sp³-hybridized carbons (Fsp3) is 0.0714. The van der Waals surface area contributed by atoms with Gasteiger partial charge in [-0.05, 0) is 36.6 Å². The molecule has 4 aromatic carbocycles. The summed E-state index contributed by atoms with van der Waals surface area (Å²) in [4.78, 5) is 27.4. The van der Waals surface area contributed by atoms with Gasteiger partial charge in [0.2, 0.25) is 0 Å². The normalized spacial score (nSPS) is 12.5. The van der Waals surface area contributed by atoms with Crippen LogP contribution in [0.1, 0.15) is 43.0 Å². The lowest BCUT2D eigenvalue weighted by Gasteiger charge is -2.25. The SMILES string of the molecule is Cc1ccc(-c2cc(N)c(-c3ccc(C)cc3)c3c2C(=O)c2ccccc2C3=O)cc1. The standard InChI is InChI=1S/C28H21NO2/c1-16-7-11-18(12-8-16)22-15-23(29)24(19-13-9-17(2)10-14-19)26-25(22)27(30)20-5-3-4-6-21(20)28(26)31/h3-15H,29H2,1-2H3. The molecule has 2 N–H and O–H groups in total. The van der Waals surface area contributed by atoms with E-state index in [9.17, 15) is 9.59 Å². The maximum Gasteiger partial charge on any atom is 0.195 e. The predicted molar refractivity (Wildman–Crippen MR) is 125 cm³/mol. The number of rotatable bonds is 2. The predicted octanol–water partition coefficient (Wildman–Crippen LogP) is 6.00. The second-order valence-corrected chi connectivity index (χ2v) is 8.07. The van der Waals surface area contributed by atoms with Crippen molar-refractivity contribution >= 4 is 17.3 Å². The van der Waals surface area contributed by atoms with Gasteiger partial charge in [0.1, 0.15) is 0 Å². The molecule has 1 aliphatic carbocycles. The van der Waals surface area contributed by atoms with Crippen molar-refractivity contribution in [2.75, 3.05) is 5.73 Å². The van der Waals surface area contributed by atoms with E-state index < -0.39 is 0 Å². The highest BCUT2D eigenvalue weighted by Gasteiger charge is 2.35. The maximum atomic E-state index is 13.7. The van der Waals surface area contributed by atoms with Gasteiger partial charge < -0.3 is 5.73 Å². The van der Waals surface area contributed by atoms with E-state index in [-0.39, 0.29) is 11.6 Å². The van der Waals surface area contributed by atoms with E-state index in [1.165, 1.54) is 0 Å². The molecule has 1 aliphatic rings. The van der Waals surface area contributed by atoms with Crippen molar-refractivity contribution in [1.82, 2.24) is 0 Å². The van der Waals surface area contributed by atoms with Crippen LogP contribution in [0.4, 0.5) is 5.69 Å². The van der Waals surface area contributed by atoms with Gasteiger partial charge in [-0.15, -0.1) is 0 Å². The molecule has 3 heteroatoms. The highest BCUT2D eigenvalue weighted by molar-refractivity contribution is 6.33. The zero-order chi connectivity index (χ0) is 21.7. The Morgan fingerprint density at radius 2 is 1.03 bits per heavy atom. The molecule has 0 amide bonds. The van der Waals surface area contributed by atoms with Gasteiger partial charge in [-0.2, -0.15) is 0 Å². The fourth-order valence-corrected chi connectivity index (χ4v) is 4.31. The van der Waals surface area contributed by atoms with Crippen molar-refractivity contribution in [1.29, 1.82) is 0 Å². The van der Waals surface area contributed by atoms with Crippen LogP contribution in [0.5, 0.6) is 0 Å². The quantitative estimate of drug-likeness (QED) is 0.368. The average molecular weight is 403 g/mol. The molecule has 31 heavy (non-hydrogen) atoms. The molecular weight excluding hydrogens is 382 g/mol. The molecular formula is C28H21NO2. The minimum absolute atomic E-state index is 0.144. The van der Waals surface area contributed by atoms with Crippen LogP contribution < -0.4 is 5.73 Å². The lowest BCUT2D eigenvalue weighted by molar-refractivity contribution is 0.0980. The minimum atomic E-state index is -0.165. The monoisotopic (exact) mass is 403 g/mol. The molecule has 0 bridgehead atoms. The fourth-order valence-electron chi connectivity index (χ4n) is 4.31. The van der Waals surface area contributed by atoms with Crippen LogP contribution in [0.3, 0.4) is 0 Å². The van der Waals surface area contributed by atoms with Crippen molar-refractivity contribution < 1.29 is 9.59 Å². The third kappa shape index (κ3) is 2.98. The number of ketones is 2. The lowest BCUT2D eigenvalue weighted by atomic mass is 9.76. The van der Waals surface area contributed by atoms with Crippen LogP contribution in [0.15, 0.2) is 78.9 Å². The Bertz CT molecular complexity index is 1360. The van der Waals surface area contributed by atoms with Gasteiger partial charge >= 0.3 is 0 Å². The molecule has 0 unspecified atom stereocenters. The van der Waals surface area contributed by atoms with Gasteiger partial charge in [0.15, 0.2) is 11.6 Å². The van der Waals surface area contributed by atoms with Crippen molar-refractivity contribution in [3.8, 4) is 22.3 Å². The van der Waals surface area contributed by atoms with E-state index >= 15 is 0 Å². The van der Waals surface area contributed by atoms with Crippen LogP contribution in [0.25, 0.3) is 22.3 Å². The molecule has 150 valence electrons. The Balaban J connectivity index is 1.88. The molecule has 0 aromatic heterocycles. The van der Waals surface area contributed by atoms with Gasteiger partial charge in [0.05, 0.1) is 0 Å². The third-order valence-electron chi connectivity index (χ3n) is 5.93. The minimum Gasteiger partial charge on any atom is -0.398 e. The summed E-state index contributed by atoms with van der Waals surface area (Å²) in [6.07, 6.45) is 0. The van der Waals surface area contributed by atoms with E-state index in [0.29, 0.717) is 39.1 Å². The number of carbonyl (C=O) groups is 2. The number of nitrogen functional groups attached to an aromatic ring is 1. The van der Waals surface area contributed by atoms with Gasteiger partial charge in [-0.1, -0.05) is 83.9 Å². The van der Waals surface area contributed by atoms with E-state index in [1.54, 1.807) is 24.3 Å². The zero-order valence-electron chi connectivity index (χ0n) is 17.4. The molecule has 4 aromatic rings. The first-order chi connectivity index (χ1) is 15.0. The number of hydrogen-bond acceptors (Lipinski definition) is 3. The van der Waals surface area contributed by atoms with Crippen LogP contribution in [0, 0.1) is 13.8 Å². The number of carbonyl (C=O) groups excluding carboxylic acids is 2. The molecule has 3 nitrogen and oxygen atoms in total. The molecule has 0 aliphatic heterocycles. The second kappa shape index (κ2) is 7.06. The highest BCUT2D eigenvalue weighted by Crippen LogP contribution is 2.43. The molecule has 0 spiro atoms. The van der Waals surface area contributed by atoms with E-state index in [4.69, 9.17) is 5.73 Å². The highest BCUT2D eigenvalue weighted by atomic mass is 16.1. The molecule has 0 radical (unpaired) electrons. The Morgan fingerprint density at radius 3 is 1.58 bits per heavy atom. The van der Waals surface area contributed by atoms with Gasteiger partial charge in [0, 0.05) is 33.5 Å². The summed E-state index contributed by atoms with van der Waals surface area (Å²) in [5, 5.41) is 0. The van der Waals surface area contributed by atoms with Crippen LogP contribution in [0.2, 0.25) is 0 Å². The summed E-state index contributed by atoms with van der Waals surface area (Å²) in [5.74, 6) is -0.310. The first-order valence-electron chi connectivity index (χ1n) is 10.2. The van der Waals surface area contributed by atoms with Gasteiger partial charge in [0.25, 0.3) is 0 Å². The third-order valence-corrected chi connectivity index (χ3v) is 5.93. The molecule has 0 fully saturated rings. The number of aryl methyl sites for hydroxylation is 2. The Labute approximate surface area is 181 Å². The summed E-state index contributed by atoms with van der Waals surface area (Å²) in [7, 11) is 0. The van der Waals surface area contributed by atoms with E-state index in [1.807, 2.05) is 68.4 Å². The topological polar surface area (TPSA) is 60.2 Å². The van der Waals surface area contributed by atoms with Gasteiger partial charge in [-0.3, -0.25) is 9.59 Å². The maximum absolute atomic E-state index is 13.7. The van der Waals surface area contributed by atoms with E-state index in [0.717, 1.165) is 22.3 Å². The summed E-state index contributed by atoms with van der Waals surface area (Å²) in [6, 6.07) is 24.6. The average Bonchev–Trinajstić information content (AvgIpc) is 2.78. The summed E-state index contributed by atoms with van der Waals surface area (Å²) in [5.41, 5.74) is 14.0. The van der Waals surface area contributed by atoms with Gasteiger partial charge in [-0.25, -0.2) is 0 Å². The second-order valence-electron chi connectivity index (χ2n) is 8.07. The summed E-state index contributed by atoms with van der Waals surface area (Å²) < 4.78 is 0. The molecule has 5 rings (SSSR count). The molecule has 0 atom stereocenters. The lowest BCUT2D eigenvalue weighted by Crippen LogP contribution is -2.23. The summed E-state index contributed by atoms with van der Waals surface area (Å²) in [6.45, 7) is 4.02. The van der Waals surface area contributed by atoms with Crippen molar-refractivity contribution in [2.24, 2.45) is 0 Å². The van der Waals surface area contributed by atoms with Crippen LogP contribution in [-0.2, 0) is 0 Å². The Hall–Kier alpha value is -3.98. The number of hydrogen-bond donors (Lipinski definition) is 1. The van der Waals surface area contributed by atoms with Crippen LogP contribution >= 0.6 is 0 Å². The van der Waals surface area contributed by atoms with E-state index in [2.05, 4.69) is 0 Å². The van der Waals surface area contributed by atoms with Crippen LogP contribution in [-0.4, -0.2) is 11.6 Å². The van der Waals surface area contributed by atoms with Crippen molar-refractivity contribution in [3.63, 3.8) is 0 Å². The smallest absolute Gasteiger partial charge is 0.195 e. The number of nitrogens with two attached hydrogens (primary N) is 1. The van der Waals surface area contributed by atoms with Crippen molar-refractivity contribution in [3.05, 3.63) is 112 Å². The summed E-state index contributed by atoms with van der Waals surface area (Å²) >= 11 is 0. The molecule has 0 heterocycles. The number of fused-ring (bicyclic) bond motifs is 2. The first-order valence-corrected chi connectivity index (χ1v) is 10.2. The largest absolute Gasteiger partial charge is 0.398 e. The van der Waals surface area contributed by atoms with Crippen molar-refractivity contribution in [2.45, 2.75) is 13.8 Å². The number of benzene rings is 4. The molecule has 0 saturated heterocycles. The molecule has 0 saturated carbocycles. The first kappa shape index (κ1) is 19.0. The number of anilines is 1. The zero-order valence-corrected chi connectivity index (χ0v) is 17.4. The Kier molecular flexibility index (Phi) is 4.33.